The second kappa shape index (κ2) is 6.33. The van der Waals surface area contributed by atoms with Gasteiger partial charge in [-0.15, -0.1) is 0 Å². The Labute approximate surface area is 131 Å². The van der Waals surface area contributed by atoms with E-state index in [0.717, 1.165) is 17.8 Å². The van der Waals surface area contributed by atoms with Crippen molar-refractivity contribution < 1.29 is 22.8 Å². The van der Waals surface area contributed by atoms with Gasteiger partial charge in [0.25, 0.3) is 0 Å². The van der Waals surface area contributed by atoms with E-state index in [0.29, 0.717) is 30.8 Å². The molecule has 7 heteroatoms. The number of aromatic nitrogens is 1. The molecule has 1 aliphatic rings. The molecule has 0 amide bonds. The molecule has 0 bridgehead atoms. The van der Waals surface area contributed by atoms with Crippen LogP contribution < -0.4 is 0 Å². The zero-order valence-corrected chi connectivity index (χ0v) is 12.6. The lowest BCUT2D eigenvalue weighted by Crippen LogP contribution is -2.21. The van der Waals surface area contributed by atoms with E-state index in [4.69, 9.17) is 4.52 Å². The van der Waals surface area contributed by atoms with Gasteiger partial charge in [0, 0.05) is 38.0 Å². The summed E-state index contributed by atoms with van der Waals surface area (Å²) in [6.45, 7) is 3.01. The lowest BCUT2D eigenvalue weighted by molar-refractivity contribution is 0.137. The Bertz CT molecular complexity index is 681. The molecule has 4 nitrogen and oxygen atoms in total. The number of aliphatic hydroxyl groups excluding tert-OH is 1. The van der Waals surface area contributed by atoms with Gasteiger partial charge in [-0.25, -0.2) is 13.2 Å². The van der Waals surface area contributed by atoms with Crippen LogP contribution in [0.5, 0.6) is 0 Å². The van der Waals surface area contributed by atoms with Gasteiger partial charge in [-0.1, -0.05) is 5.16 Å². The van der Waals surface area contributed by atoms with Crippen molar-refractivity contribution in [2.75, 3.05) is 13.1 Å². The number of hydrogen-bond donors (Lipinski definition) is 1. The fourth-order valence-corrected chi connectivity index (χ4v) is 3.00. The van der Waals surface area contributed by atoms with Gasteiger partial charge in [-0.05, 0) is 24.6 Å². The number of benzene rings is 1. The number of halogens is 3. The van der Waals surface area contributed by atoms with E-state index in [1.54, 1.807) is 0 Å². The van der Waals surface area contributed by atoms with Crippen molar-refractivity contribution in [1.82, 2.24) is 10.1 Å². The third-order valence-electron chi connectivity index (χ3n) is 4.07. The molecule has 1 saturated heterocycles. The van der Waals surface area contributed by atoms with Crippen LogP contribution in [-0.2, 0) is 13.0 Å². The maximum absolute atomic E-state index is 13.3. The van der Waals surface area contributed by atoms with Crippen LogP contribution in [0.3, 0.4) is 0 Å². The van der Waals surface area contributed by atoms with E-state index < -0.39 is 23.6 Å². The summed E-state index contributed by atoms with van der Waals surface area (Å²) in [5, 5.41) is 14.0. The molecular formula is C16H17F3N2O2. The predicted octanol–water partition coefficient (Wildman–Crippen LogP) is 2.44. The third kappa shape index (κ3) is 3.56. The van der Waals surface area contributed by atoms with Crippen molar-refractivity contribution >= 4 is 0 Å². The van der Waals surface area contributed by atoms with Crippen molar-refractivity contribution in [2.24, 2.45) is 5.92 Å². The van der Waals surface area contributed by atoms with Crippen molar-refractivity contribution in [3.8, 4) is 0 Å². The van der Waals surface area contributed by atoms with Crippen LogP contribution in [-0.4, -0.2) is 34.4 Å². The molecule has 1 aromatic heterocycles. The first kappa shape index (κ1) is 16.0. The van der Waals surface area contributed by atoms with Crippen molar-refractivity contribution in [2.45, 2.75) is 26.0 Å². The largest absolute Gasteiger partial charge is 0.391 e. The minimum Gasteiger partial charge on any atom is -0.391 e. The number of hydrogen-bond acceptors (Lipinski definition) is 4. The molecule has 1 fully saturated rings. The number of likely N-dealkylation sites (tertiary alicyclic amines) is 1. The van der Waals surface area contributed by atoms with E-state index in [1.807, 2.05) is 17.9 Å². The molecule has 1 aromatic carbocycles. The van der Waals surface area contributed by atoms with Crippen molar-refractivity contribution in [1.29, 1.82) is 0 Å². The average molecular weight is 326 g/mol. The van der Waals surface area contributed by atoms with Gasteiger partial charge in [0.15, 0.2) is 17.5 Å². The van der Waals surface area contributed by atoms with Crippen LogP contribution in [0.1, 0.15) is 17.0 Å². The summed E-state index contributed by atoms with van der Waals surface area (Å²) in [7, 11) is 0. The van der Waals surface area contributed by atoms with E-state index in [1.165, 1.54) is 0 Å². The maximum Gasteiger partial charge on any atom is 0.194 e. The Balaban J connectivity index is 1.64. The summed E-state index contributed by atoms with van der Waals surface area (Å²) >= 11 is 0. The zero-order valence-electron chi connectivity index (χ0n) is 12.6. The normalized spacial score (nSPS) is 22.0. The van der Waals surface area contributed by atoms with Crippen LogP contribution in [0.15, 0.2) is 22.7 Å². The molecule has 1 aliphatic heterocycles. The SMILES string of the molecule is Cc1cc(C[C@@H]2CN(Cc3cc(F)c(F)c(F)c3)C[C@@H]2O)on1. The van der Waals surface area contributed by atoms with E-state index in [2.05, 4.69) is 5.16 Å². The Morgan fingerprint density at radius 1 is 1.22 bits per heavy atom. The highest BCUT2D eigenvalue weighted by molar-refractivity contribution is 5.19. The lowest BCUT2D eigenvalue weighted by atomic mass is 10.0. The molecule has 1 N–H and O–H groups in total. The topological polar surface area (TPSA) is 49.5 Å². The summed E-state index contributed by atoms with van der Waals surface area (Å²) < 4.78 is 44.6. The van der Waals surface area contributed by atoms with Crippen molar-refractivity contribution in [3.63, 3.8) is 0 Å². The highest BCUT2D eigenvalue weighted by atomic mass is 19.2. The van der Waals surface area contributed by atoms with Gasteiger partial charge in [0.1, 0.15) is 5.76 Å². The highest BCUT2D eigenvalue weighted by Gasteiger charge is 2.32. The summed E-state index contributed by atoms with van der Waals surface area (Å²) in [6, 6.07) is 3.79. The molecule has 3 rings (SSSR count). The molecule has 23 heavy (non-hydrogen) atoms. The monoisotopic (exact) mass is 326 g/mol. The number of rotatable bonds is 4. The number of β-amino-alcohol motifs (C(OH)–C–C–N with tert-alkyl or cyclic N) is 1. The van der Waals surface area contributed by atoms with E-state index >= 15 is 0 Å². The molecule has 0 aliphatic carbocycles. The minimum absolute atomic E-state index is 0.0440. The molecule has 0 saturated carbocycles. The number of aryl methyl sites for hydroxylation is 1. The van der Waals surface area contributed by atoms with Gasteiger partial charge >= 0.3 is 0 Å². The fourth-order valence-electron chi connectivity index (χ4n) is 3.00. The Morgan fingerprint density at radius 3 is 2.52 bits per heavy atom. The van der Waals surface area contributed by atoms with Crippen LogP contribution >= 0.6 is 0 Å². The van der Waals surface area contributed by atoms with Crippen LogP contribution in [0.25, 0.3) is 0 Å². The van der Waals surface area contributed by atoms with Crippen LogP contribution in [0, 0.1) is 30.3 Å². The summed E-state index contributed by atoms with van der Waals surface area (Å²) in [4.78, 5) is 1.88. The lowest BCUT2D eigenvalue weighted by Gasteiger charge is -2.15. The first-order chi connectivity index (χ1) is 10.9. The van der Waals surface area contributed by atoms with Gasteiger partial charge in [0.05, 0.1) is 11.8 Å². The van der Waals surface area contributed by atoms with Crippen LogP contribution in [0.2, 0.25) is 0 Å². The molecule has 2 aromatic rings. The fraction of sp³-hybridized carbons (Fsp3) is 0.438. The van der Waals surface area contributed by atoms with Gasteiger partial charge < -0.3 is 9.63 Å². The molecule has 2 atom stereocenters. The zero-order chi connectivity index (χ0) is 16.6. The molecule has 124 valence electrons. The summed E-state index contributed by atoms with van der Waals surface area (Å²) in [5.41, 5.74) is 1.12. The molecule has 2 heterocycles. The minimum atomic E-state index is -1.46. The quantitative estimate of drug-likeness (QED) is 0.877. The van der Waals surface area contributed by atoms with Crippen molar-refractivity contribution in [3.05, 3.63) is 52.7 Å². The van der Waals surface area contributed by atoms with Gasteiger partial charge in [0.2, 0.25) is 0 Å². The summed E-state index contributed by atoms with van der Waals surface area (Å²) in [5.74, 6) is -3.21. The predicted molar refractivity (Wildman–Crippen MR) is 76.0 cm³/mol. The Kier molecular flexibility index (Phi) is 4.41. The Hall–Kier alpha value is -1.86. The molecule has 0 spiro atoms. The maximum atomic E-state index is 13.3. The van der Waals surface area contributed by atoms with E-state index in [-0.39, 0.29) is 12.5 Å². The first-order valence-corrected chi connectivity index (χ1v) is 7.38. The molecule has 0 unspecified atom stereocenters. The standard InChI is InChI=1S/C16H17F3N2O2/c1-9-2-12(23-20-9)5-11-7-21(8-15(11)22)6-10-3-13(17)16(19)14(18)4-10/h2-4,11,15,22H,5-8H2,1H3/t11-,15+/m1/s1. The Morgan fingerprint density at radius 2 is 1.91 bits per heavy atom. The third-order valence-corrected chi connectivity index (χ3v) is 4.07. The number of aliphatic hydroxyl groups is 1. The number of nitrogens with zero attached hydrogens (tertiary/aromatic N) is 2. The van der Waals surface area contributed by atoms with Gasteiger partial charge in [-0.3, -0.25) is 4.90 Å². The molecule has 0 radical (unpaired) electrons. The molecular weight excluding hydrogens is 309 g/mol. The first-order valence-electron chi connectivity index (χ1n) is 7.38. The second-order valence-electron chi connectivity index (χ2n) is 6.03. The second-order valence-corrected chi connectivity index (χ2v) is 6.03. The van der Waals surface area contributed by atoms with Crippen LogP contribution in [0.4, 0.5) is 13.2 Å². The van der Waals surface area contributed by atoms with Gasteiger partial charge in [-0.2, -0.15) is 0 Å². The van der Waals surface area contributed by atoms with E-state index in [9.17, 15) is 18.3 Å². The average Bonchev–Trinajstić information content (AvgIpc) is 3.03. The summed E-state index contributed by atoms with van der Waals surface area (Å²) in [6.07, 6.45) is -0.0134. The highest BCUT2D eigenvalue weighted by Crippen LogP contribution is 2.24. The smallest absolute Gasteiger partial charge is 0.194 e.